The summed E-state index contributed by atoms with van der Waals surface area (Å²) < 4.78 is 0. The van der Waals surface area contributed by atoms with Crippen LogP contribution in [0.5, 0.6) is 0 Å². The highest BCUT2D eigenvalue weighted by Gasteiger charge is 2.23. The zero-order chi connectivity index (χ0) is 21.8. The van der Waals surface area contributed by atoms with Crippen LogP contribution in [-0.2, 0) is 9.59 Å². The molecule has 0 fully saturated rings. The number of amides is 2. The fourth-order valence-corrected chi connectivity index (χ4v) is 4.06. The molecule has 3 rings (SSSR count). The first kappa shape index (κ1) is 21.6. The number of thioether (sulfide) groups is 1. The highest BCUT2D eigenvalue weighted by atomic mass is 32.2. The van der Waals surface area contributed by atoms with Gasteiger partial charge in [-0.3, -0.25) is 9.59 Å². The number of fused-ring (bicyclic) bond motifs is 5. The quantitative estimate of drug-likeness (QED) is 0.499. The first-order valence-corrected chi connectivity index (χ1v) is 10.4. The number of nitrogens with two attached hydrogens (primary N) is 1. The molecule has 1 aliphatic rings. The van der Waals surface area contributed by atoms with E-state index >= 15 is 0 Å². The van der Waals surface area contributed by atoms with Gasteiger partial charge >= 0.3 is 5.97 Å². The van der Waals surface area contributed by atoms with E-state index in [1.54, 1.807) is 19.1 Å². The molecule has 1 aliphatic heterocycles. The number of aliphatic carboxylic acids is 1. The van der Waals surface area contributed by atoms with E-state index in [2.05, 4.69) is 20.6 Å². The molecule has 0 spiro atoms. The minimum atomic E-state index is -1.16. The number of benzene rings is 1. The molecule has 2 aromatic rings. The molecule has 4 bridgehead atoms. The normalized spacial score (nSPS) is 17.7. The number of nitrogens with one attached hydrogen (secondary N) is 2. The fourth-order valence-electron chi connectivity index (χ4n) is 3.21. The van der Waals surface area contributed by atoms with Crippen LogP contribution in [0.25, 0.3) is 11.3 Å². The molecule has 158 valence electrons. The summed E-state index contributed by atoms with van der Waals surface area (Å²) in [6.07, 6.45) is 0.318. The van der Waals surface area contributed by atoms with Gasteiger partial charge in [0.1, 0.15) is 11.1 Å². The van der Waals surface area contributed by atoms with E-state index in [4.69, 9.17) is 5.73 Å². The lowest BCUT2D eigenvalue weighted by atomic mass is 9.97. The molecule has 1 aromatic carbocycles. The molecule has 1 aromatic heterocycles. The second-order valence-electron chi connectivity index (χ2n) is 7.03. The Morgan fingerprint density at radius 2 is 1.90 bits per heavy atom. The average molecular weight is 430 g/mol. The van der Waals surface area contributed by atoms with Crippen LogP contribution < -0.4 is 16.4 Å². The first-order valence-electron chi connectivity index (χ1n) is 9.44. The number of aryl methyl sites for hydroxylation is 2. The van der Waals surface area contributed by atoms with E-state index in [1.807, 2.05) is 13.0 Å². The smallest absolute Gasteiger partial charge is 0.326 e. The molecule has 5 N–H and O–H groups in total. The zero-order valence-electron chi connectivity index (χ0n) is 16.7. The lowest BCUT2D eigenvalue weighted by Gasteiger charge is -2.18. The van der Waals surface area contributed by atoms with Crippen LogP contribution in [0.4, 0.5) is 5.95 Å². The van der Waals surface area contributed by atoms with E-state index in [9.17, 15) is 19.5 Å². The van der Waals surface area contributed by atoms with Gasteiger partial charge in [-0.1, -0.05) is 6.07 Å². The molecule has 0 radical (unpaired) electrons. The number of hydrogen-bond donors (Lipinski definition) is 4. The highest BCUT2D eigenvalue weighted by molar-refractivity contribution is 7.99. The summed E-state index contributed by atoms with van der Waals surface area (Å²) in [6.45, 7) is 3.83. The SMILES string of the molecule is Cc1cc(C)c2cc1C(=O)N[C@H](C(=O)O)CCNC(=O)CCSc1cc-2nc(N)n1. The molecular formula is C20H23N5O4S. The first-order chi connectivity index (χ1) is 14.2. The Labute approximate surface area is 177 Å². The Morgan fingerprint density at radius 3 is 2.63 bits per heavy atom. The van der Waals surface area contributed by atoms with Crippen molar-refractivity contribution in [2.45, 2.75) is 37.8 Å². The number of rotatable bonds is 1. The van der Waals surface area contributed by atoms with E-state index in [0.29, 0.717) is 33.2 Å². The standard InChI is InChI=1S/C20H23N5O4S/c1-10-7-11(2)13-8-12(10)15-9-17(25-20(21)24-15)30-6-4-16(26)22-5-3-14(19(28)29)23-18(13)27/h7-9,14H,3-6H2,1-2H3,(H,22,26)(H,23,27)(H,28,29)(H2,21,24,25)/t14-/m0/s1. The highest BCUT2D eigenvalue weighted by Crippen LogP contribution is 2.29. The maximum absolute atomic E-state index is 12.9. The molecule has 10 heteroatoms. The summed E-state index contributed by atoms with van der Waals surface area (Å²) in [5, 5.41) is 15.3. The van der Waals surface area contributed by atoms with Crippen LogP contribution >= 0.6 is 11.8 Å². The Morgan fingerprint density at radius 1 is 1.17 bits per heavy atom. The predicted molar refractivity (Wildman–Crippen MR) is 113 cm³/mol. The monoisotopic (exact) mass is 429 g/mol. The van der Waals surface area contributed by atoms with Crippen molar-refractivity contribution in [1.82, 2.24) is 20.6 Å². The largest absolute Gasteiger partial charge is 0.480 e. The maximum Gasteiger partial charge on any atom is 0.326 e. The Hall–Kier alpha value is -3.14. The third-order valence-corrected chi connectivity index (χ3v) is 5.66. The average Bonchev–Trinajstić information content (AvgIpc) is 2.65. The summed E-state index contributed by atoms with van der Waals surface area (Å²) in [5.41, 5.74) is 9.11. The van der Waals surface area contributed by atoms with Gasteiger partial charge in [0.15, 0.2) is 0 Å². The van der Waals surface area contributed by atoms with Crippen molar-refractivity contribution in [3.8, 4) is 11.3 Å². The summed E-state index contributed by atoms with van der Waals surface area (Å²) in [4.78, 5) is 45.0. The fraction of sp³-hybridized carbons (Fsp3) is 0.350. The number of nitrogens with zero attached hydrogens (tertiary/aromatic N) is 2. The number of carboxylic acid groups (broad SMARTS) is 1. The molecule has 1 atom stereocenters. The molecule has 0 saturated carbocycles. The number of aromatic nitrogens is 2. The molecule has 30 heavy (non-hydrogen) atoms. The maximum atomic E-state index is 12.9. The summed E-state index contributed by atoms with van der Waals surface area (Å²) in [6, 6.07) is 4.20. The lowest BCUT2D eigenvalue weighted by molar-refractivity contribution is -0.139. The minimum Gasteiger partial charge on any atom is -0.480 e. The third-order valence-electron chi connectivity index (χ3n) is 4.75. The Kier molecular flexibility index (Phi) is 6.56. The second-order valence-corrected chi connectivity index (χ2v) is 8.15. The minimum absolute atomic E-state index is 0.0798. The van der Waals surface area contributed by atoms with Crippen molar-refractivity contribution in [3.05, 3.63) is 34.9 Å². The van der Waals surface area contributed by atoms with Gasteiger partial charge in [-0.25, -0.2) is 14.8 Å². The van der Waals surface area contributed by atoms with Crippen molar-refractivity contribution < 1.29 is 19.5 Å². The van der Waals surface area contributed by atoms with Crippen LogP contribution in [0, 0.1) is 13.8 Å². The summed E-state index contributed by atoms with van der Waals surface area (Å²) in [7, 11) is 0. The van der Waals surface area contributed by atoms with Crippen molar-refractivity contribution in [2.24, 2.45) is 0 Å². The van der Waals surface area contributed by atoms with Gasteiger partial charge < -0.3 is 21.5 Å². The molecule has 0 saturated heterocycles. The molecule has 0 aliphatic carbocycles. The van der Waals surface area contributed by atoms with E-state index in [1.165, 1.54) is 11.8 Å². The number of carboxylic acids is 1. The van der Waals surface area contributed by atoms with Gasteiger partial charge in [0.05, 0.1) is 5.69 Å². The Balaban J connectivity index is 2.07. The molecule has 2 amide bonds. The van der Waals surface area contributed by atoms with Gasteiger partial charge in [-0.05, 0) is 43.5 Å². The number of hydrogen-bond acceptors (Lipinski definition) is 7. The van der Waals surface area contributed by atoms with Crippen molar-refractivity contribution in [1.29, 1.82) is 0 Å². The van der Waals surface area contributed by atoms with Gasteiger partial charge in [0.25, 0.3) is 5.91 Å². The van der Waals surface area contributed by atoms with Crippen molar-refractivity contribution >= 4 is 35.5 Å². The van der Waals surface area contributed by atoms with Crippen LogP contribution in [0.3, 0.4) is 0 Å². The van der Waals surface area contributed by atoms with Crippen molar-refractivity contribution in [2.75, 3.05) is 18.0 Å². The lowest BCUT2D eigenvalue weighted by Crippen LogP contribution is -2.43. The van der Waals surface area contributed by atoms with E-state index < -0.39 is 17.9 Å². The topological polar surface area (TPSA) is 147 Å². The zero-order valence-corrected chi connectivity index (χ0v) is 17.5. The van der Waals surface area contributed by atoms with Gasteiger partial charge in [0.2, 0.25) is 11.9 Å². The van der Waals surface area contributed by atoms with Gasteiger partial charge in [-0.15, -0.1) is 11.8 Å². The van der Waals surface area contributed by atoms with Crippen molar-refractivity contribution in [3.63, 3.8) is 0 Å². The molecule has 9 nitrogen and oxygen atoms in total. The van der Waals surface area contributed by atoms with E-state index in [-0.39, 0.29) is 31.2 Å². The van der Waals surface area contributed by atoms with Gasteiger partial charge in [0, 0.05) is 29.8 Å². The predicted octanol–water partition coefficient (Wildman–Crippen LogP) is 1.53. The van der Waals surface area contributed by atoms with E-state index in [0.717, 1.165) is 5.56 Å². The van der Waals surface area contributed by atoms with Gasteiger partial charge in [-0.2, -0.15) is 0 Å². The summed E-state index contributed by atoms with van der Waals surface area (Å²) in [5.74, 6) is -1.29. The molecule has 0 unspecified atom stereocenters. The number of anilines is 1. The van der Waals surface area contributed by atoms with Crippen LogP contribution in [0.15, 0.2) is 23.2 Å². The van der Waals surface area contributed by atoms with Crippen LogP contribution in [0.1, 0.15) is 34.3 Å². The number of nitrogen functional groups attached to an aromatic ring is 1. The van der Waals surface area contributed by atoms with Crippen LogP contribution in [-0.4, -0.2) is 51.2 Å². The number of carbonyl (C=O) groups excluding carboxylic acids is 2. The molecule has 2 heterocycles. The Bertz CT molecular complexity index is 1010. The third kappa shape index (κ3) is 5.07. The number of carbonyl (C=O) groups is 3. The molecular weight excluding hydrogens is 406 g/mol. The summed E-state index contributed by atoms with van der Waals surface area (Å²) >= 11 is 1.38. The van der Waals surface area contributed by atoms with Crippen LogP contribution in [0.2, 0.25) is 0 Å². The second kappa shape index (κ2) is 9.12.